The number of hydrogen-bond donors (Lipinski definition) is 0. The average Bonchev–Trinajstić information content (AvgIpc) is 2.48. The van der Waals surface area contributed by atoms with E-state index < -0.39 is 0 Å². The SMILES string of the molecule is CC(C)Oc1ccc(C(CC#N)Cc2ccccc2)cc1. The highest BCUT2D eigenvalue weighted by Gasteiger charge is 2.12. The van der Waals surface area contributed by atoms with Crippen LogP contribution in [0.4, 0.5) is 0 Å². The lowest BCUT2D eigenvalue weighted by molar-refractivity contribution is 0.242. The van der Waals surface area contributed by atoms with Crippen LogP contribution in [0, 0.1) is 11.3 Å². The van der Waals surface area contributed by atoms with Crippen molar-refractivity contribution < 1.29 is 4.74 Å². The van der Waals surface area contributed by atoms with Gasteiger partial charge in [0.25, 0.3) is 0 Å². The lowest BCUT2D eigenvalue weighted by atomic mass is 9.90. The van der Waals surface area contributed by atoms with Crippen LogP contribution in [-0.4, -0.2) is 6.10 Å². The molecule has 2 heteroatoms. The quantitative estimate of drug-likeness (QED) is 0.767. The molecule has 1 atom stereocenters. The van der Waals surface area contributed by atoms with E-state index in [-0.39, 0.29) is 12.0 Å². The molecule has 0 saturated heterocycles. The van der Waals surface area contributed by atoms with Gasteiger partial charge in [0.15, 0.2) is 0 Å². The molecule has 0 aliphatic carbocycles. The average molecular weight is 279 g/mol. The van der Waals surface area contributed by atoms with Crippen LogP contribution in [-0.2, 0) is 6.42 Å². The zero-order chi connectivity index (χ0) is 15.1. The summed E-state index contributed by atoms with van der Waals surface area (Å²) in [5, 5.41) is 9.07. The van der Waals surface area contributed by atoms with Gasteiger partial charge < -0.3 is 4.74 Å². The van der Waals surface area contributed by atoms with Gasteiger partial charge in [-0.05, 0) is 43.5 Å². The maximum atomic E-state index is 9.07. The summed E-state index contributed by atoms with van der Waals surface area (Å²) in [5.41, 5.74) is 2.46. The molecular weight excluding hydrogens is 258 g/mol. The molecule has 21 heavy (non-hydrogen) atoms. The van der Waals surface area contributed by atoms with Crippen LogP contribution >= 0.6 is 0 Å². The van der Waals surface area contributed by atoms with Crippen LogP contribution in [0.2, 0.25) is 0 Å². The lowest BCUT2D eigenvalue weighted by Crippen LogP contribution is -2.06. The number of nitriles is 1. The molecule has 0 spiro atoms. The first kappa shape index (κ1) is 15.1. The normalized spacial score (nSPS) is 11.9. The highest BCUT2D eigenvalue weighted by molar-refractivity contribution is 5.31. The molecule has 2 aromatic rings. The highest BCUT2D eigenvalue weighted by Crippen LogP contribution is 2.26. The maximum absolute atomic E-state index is 9.07. The van der Waals surface area contributed by atoms with Crippen molar-refractivity contribution in [2.45, 2.75) is 38.7 Å². The number of rotatable bonds is 6. The molecule has 1 unspecified atom stereocenters. The van der Waals surface area contributed by atoms with E-state index >= 15 is 0 Å². The Bertz CT molecular complexity index is 581. The van der Waals surface area contributed by atoms with Crippen LogP contribution in [0.3, 0.4) is 0 Å². The summed E-state index contributed by atoms with van der Waals surface area (Å²) in [6, 6.07) is 20.7. The van der Waals surface area contributed by atoms with Crippen molar-refractivity contribution in [3.8, 4) is 11.8 Å². The third kappa shape index (κ3) is 4.65. The number of benzene rings is 2. The van der Waals surface area contributed by atoms with Gasteiger partial charge in [-0.25, -0.2) is 0 Å². The Morgan fingerprint density at radius 1 is 1.00 bits per heavy atom. The third-order valence-electron chi connectivity index (χ3n) is 3.39. The van der Waals surface area contributed by atoms with Crippen molar-refractivity contribution in [2.24, 2.45) is 0 Å². The van der Waals surface area contributed by atoms with E-state index in [0.717, 1.165) is 12.2 Å². The summed E-state index contributed by atoms with van der Waals surface area (Å²) < 4.78 is 5.66. The van der Waals surface area contributed by atoms with Crippen LogP contribution in [0.5, 0.6) is 5.75 Å². The van der Waals surface area contributed by atoms with E-state index in [0.29, 0.717) is 6.42 Å². The molecule has 0 amide bonds. The van der Waals surface area contributed by atoms with Crippen LogP contribution < -0.4 is 4.74 Å². The Labute approximate surface area is 127 Å². The predicted octanol–water partition coefficient (Wildman–Crippen LogP) is 4.71. The second-order valence-electron chi connectivity index (χ2n) is 5.48. The van der Waals surface area contributed by atoms with Crippen LogP contribution in [0.25, 0.3) is 0 Å². The standard InChI is InChI=1S/C19H21NO/c1-15(2)21-19-10-8-17(9-11-19)18(12-13-20)14-16-6-4-3-5-7-16/h3-11,15,18H,12,14H2,1-2H3. The molecule has 0 radical (unpaired) electrons. The topological polar surface area (TPSA) is 33.0 Å². The summed E-state index contributed by atoms with van der Waals surface area (Å²) >= 11 is 0. The first-order chi connectivity index (χ1) is 10.2. The zero-order valence-electron chi connectivity index (χ0n) is 12.6. The van der Waals surface area contributed by atoms with E-state index in [1.54, 1.807) is 0 Å². The van der Waals surface area contributed by atoms with Gasteiger partial charge in [0, 0.05) is 12.3 Å². The van der Waals surface area contributed by atoms with Gasteiger partial charge >= 0.3 is 0 Å². The van der Waals surface area contributed by atoms with Gasteiger partial charge in [0.1, 0.15) is 5.75 Å². The molecule has 0 bridgehead atoms. The van der Waals surface area contributed by atoms with Crippen molar-refractivity contribution >= 4 is 0 Å². The molecule has 0 aliphatic rings. The van der Waals surface area contributed by atoms with Gasteiger partial charge in [-0.2, -0.15) is 5.26 Å². The number of ether oxygens (including phenoxy) is 1. The first-order valence-corrected chi connectivity index (χ1v) is 7.36. The van der Waals surface area contributed by atoms with Crippen molar-refractivity contribution in [3.05, 3.63) is 65.7 Å². The smallest absolute Gasteiger partial charge is 0.119 e. The fraction of sp³-hybridized carbons (Fsp3) is 0.316. The van der Waals surface area contributed by atoms with Crippen LogP contribution in [0.15, 0.2) is 54.6 Å². The lowest BCUT2D eigenvalue weighted by Gasteiger charge is -2.16. The van der Waals surface area contributed by atoms with E-state index in [9.17, 15) is 0 Å². The predicted molar refractivity (Wildman–Crippen MR) is 85.3 cm³/mol. The van der Waals surface area contributed by atoms with Gasteiger partial charge in [0.05, 0.1) is 12.2 Å². The molecular formula is C19H21NO. The fourth-order valence-electron chi connectivity index (χ4n) is 2.41. The molecule has 2 aromatic carbocycles. The molecule has 108 valence electrons. The Kier molecular flexibility index (Phi) is 5.40. The molecule has 0 fully saturated rings. The van der Waals surface area contributed by atoms with Gasteiger partial charge in [0.2, 0.25) is 0 Å². The molecule has 2 nitrogen and oxygen atoms in total. The summed E-state index contributed by atoms with van der Waals surface area (Å²) in [7, 11) is 0. The molecule has 0 saturated carbocycles. The van der Waals surface area contributed by atoms with E-state index in [1.165, 1.54) is 11.1 Å². The van der Waals surface area contributed by atoms with Crippen molar-refractivity contribution in [3.63, 3.8) is 0 Å². The molecule has 2 rings (SSSR count). The molecule has 0 N–H and O–H groups in total. The summed E-state index contributed by atoms with van der Waals surface area (Å²) in [6.45, 7) is 4.03. The van der Waals surface area contributed by atoms with E-state index in [2.05, 4.69) is 30.3 Å². The van der Waals surface area contributed by atoms with Crippen molar-refractivity contribution in [2.75, 3.05) is 0 Å². The van der Waals surface area contributed by atoms with Crippen molar-refractivity contribution in [1.29, 1.82) is 5.26 Å². The summed E-state index contributed by atoms with van der Waals surface area (Å²) in [4.78, 5) is 0. The minimum absolute atomic E-state index is 0.176. The number of hydrogen-bond acceptors (Lipinski definition) is 2. The monoisotopic (exact) mass is 279 g/mol. The highest BCUT2D eigenvalue weighted by atomic mass is 16.5. The summed E-state index contributed by atoms with van der Waals surface area (Å²) in [5.74, 6) is 1.11. The Balaban J connectivity index is 2.12. The molecule has 0 aromatic heterocycles. The second kappa shape index (κ2) is 7.50. The Morgan fingerprint density at radius 3 is 2.24 bits per heavy atom. The first-order valence-electron chi connectivity index (χ1n) is 7.36. The Morgan fingerprint density at radius 2 is 1.67 bits per heavy atom. The van der Waals surface area contributed by atoms with E-state index in [4.69, 9.17) is 10.00 Å². The second-order valence-corrected chi connectivity index (χ2v) is 5.48. The zero-order valence-corrected chi connectivity index (χ0v) is 12.6. The van der Waals surface area contributed by atoms with Gasteiger partial charge in [-0.15, -0.1) is 0 Å². The molecule has 0 aliphatic heterocycles. The summed E-state index contributed by atoms with van der Waals surface area (Å²) in [6.07, 6.45) is 1.59. The minimum atomic E-state index is 0.176. The van der Waals surface area contributed by atoms with Gasteiger partial charge in [-0.3, -0.25) is 0 Å². The fourth-order valence-corrected chi connectivity index (χ4v) is 2.41. The largest absolute Gasteiger partial charge is 0.491 e. The molecule has 0 heterocycles. The van der Waals surface area contributed by atoms with Crippen LogP contribution in [0.1, 0.15) is 37.3 Å². The van der Waals surface area contributed by atoms with Crippen molar-refractivity contribution in [1.82, 2.24) is 0 Å². The van der Waals surface area contributed by atoms with Gasteiger partial charge in [-0.1, -0.05) is 42.5 Å². The maximum Gasteiger partial charge on any atom is 0.119 e. The van der Waals surface area contributed by atoms with E-state index in [1.807, 2.05) is 44.2 Å². The minimum Gasteiger partial charge on any atom is -0.491 e. The Hall–Kier alpha value is -2.27. The third-order valence-corrected chi connectivity index (χ3v) is 3.39. The number of nitrogens with zero attached hydrogens (tertiary/aromatic N) is 1.